The standard InChI is InChI=1S/C71H134O17P2/c1-7-9-11-13-15-17-19-21-22-23-25-29-38-44-50-56-71(76)87-66(59-81-68(73)53-47-41-35-30-26-27-33-39-45-51-63(3)4)61-85-89(77,78)83-57-65(72)58-84-90(79,80)86-62-67(60-82-69(74)54-48-42-36-32-31-34-40-46-52-64(5)6)88-70(75)55-49-43-37-28-24-20-18-16-14-12-10-8-2/h17,19,21-22,63-67,72H,7-16,18,20,23-62H2,1-6H3,(H,77,78)(H,79,80)/b19-17-,22-21-/t65-,66-,67-/m1/s1. The monoisotopic (exact) mass is 1320 g/mol. The molecule has 0 aromatic carbocycles. The van der Waals surface area contributed by atoms with E-state index in [1.165, 1.54) is 141 Å². The van der Waals surface area contributed by atoms with Crippen molar-refractivity contribution in [1.29, 1.82) is 0 Å². The van der Waals surface area contributed by atoms with E-state index in [9.17, 15) is 43.2 Å². The largest absolute Gasteiger partial charge is 0.472 e. The van der Waals surface area contributed by atoms with Crippen LogP contribution < -0.4 is 0 Å². The highest BCUT2D eigenvalue weighted by atomic mass is 31.2. The summed E-state index contributed by atoms with van der Waals surface area (Å²) >= 11 is 0. The van der Waals surface area contributed by atoms with Gasteiger partial charge in [-0.2, -0.15) is 0 Å². The van der Waals surface area contributed by atoms with Crippen LogP contribution in [0.5, 0.6) is 0 Å². The van der Waals surface area contributed by atoms with E-state index < -0.39 is 97.5 Å². The number of unbranched alkanes of at least 4 members (excludes halogenated alkanes) is 35. The van der Waals surface area contributed by atoms with Gasteiger partial charge in [0, 0.05) is 25.7 Å². The van der Waals surface area contributed by atoms with Gasteiger partial charge in [0.1, 0.15) is 19.3 Å². The number of phosphoric acid groups is 2. The zero-order valence-electron chi connectivity index (χ0n) is 57.9. The molecule has 90 heavy (non-hydrogen) atoms. The lowest BCUT2D eigenvalue weighted by atomic mass is 10.0. The van der Waals surface area contributed by atoms with Gasteiger partial charge in [-0.15, -0.1) is 0 Å². The number of hydrogen-bond donors (Lipinski definition) is 3. The molecule has 0 aliphatic heterocycles. The van der Waals surface area contributed by atoms with E-state index in [0.29, 0.717) is 25.7 Å². The maximum absolute atomic E-state index is 13.0. The number of aliphatic hydroxyl groups is 1. The Morgan fingerprint density at radius 2 is 0.600 bits per heavy atom. The molecule has 17 nitrogen and oxygen atoms in total. The summed E-state index contributed by atoms with van der Waals surface area (Å²) in [6.45, 7) is 9.43. The SMILES string of the molecule is CCCCCC/C=C\C=C/CCCCCCCC(=O)O[C@H](COC(=O)CCCCCCCCCCCC(C)C)COP(=O)(O)OC[C@@H](O)COP(=O)(O)OC[C@@H](COC(=O)CCCCCCCCCCC(C)C)OC(=O)CCCCCCCCCCCCCC. The Kier molecular flexibility index (Phi) is 60.9. The van der Waals surface area contributed by atoms with Gasteiger partial charge >= 0.3 is 39.5 Å². The Hall–Kier alpha value is -2.46. The second kappa shape index (κ2) is 62.6. The molecule has 0 radical (unpaired) electrons. The molecule has 530 valence electrons. The molecule has 0 heterocycles. The molecule has 2 unspecified atom stereocenters. The van der Waals surface area contributed by atoms with Crippen LogP contribution in [0.4, 0.5) is 0 Å². The highest BCUT2D eigenvalue weighted by molar-refractivity contribution is 7.47. The number of ether oxygens (including phenoxy) is 4. The van der Waals surface area contributed by atoms with Crippen molar-refractivity contribution in [1.82, 2.24) is 0 Å². The zero-order chi connectivity index (χ0) is 66.5. The van der Waals surface area contributed by atoms with Crippen LogP contribution in [0.3, 0.4) is 0 Å². The minimum atomic E-state index is -4.96. The maximum atomic E-state index is 13.0. The van der Waals surface area contributed by atoms with Crippen LogP contribution in [0, 0.1) is 11.8 Å². The lowest BCUT2D eigenvalue weighted by molar-refractivity contribution is -0.161. The topological polar surface area (TPSA) is 237 Å². The predicted octanol–water partition coefficient (Wildman–Crippen LogP) is 19.9. The Bertz CT molecular complexity index is 1850. The van der Waals surface area contributed by atoms with E-state index in [0.717, 1.165) is 115 Å². The molecule has 0 spiro atoms. The fourth-order valence-electron chi connectivity index (χ4n) is 10.2. The van der Waals surface area contributed by atoms with Crippen molar-refractivity contribution in [3.63, 3.8) is 0 Å². The number of rotatable bonds is 68. The van der Waals surface area contributed by atoms with E-state index in [1.807, 2.05) is 0 Å². The molecule has 0 aliphatic rings. The first-order valence-corrected chi connectivity index (χ1v) is 39.3. The van der Waals surface area contributed by atoms with Crippen LogP contribution >= 0.6 is 15.6 Å². The van der Waals surface area contributed by atoms with Crippen LogP contribution in [-0.4, -0.2) is 96.7 Å². The fourth-order valence-corrected chi connectivity index (χ4v) is 11.8. The minimum absolute atomic E-state index is 0.0845. The summed E-state index contributed by atoms with van der Waals surface area (Å²) in [5.74, 6) is -0.688. The highest BCUT2D eigenvalue weighted by Gasteiger charge is 2.30. The molecule has 19 heteroatoms. The number of carbonyl (C=O) groups excluding carboxylic acids is 4. The first kappa shape index (κ1) is 87.5. The molecule has 0 rings (SSSR count). The summed E-state index contributed by atoms with van der Waals surface area (Å²) in [6.07, 6.45) is 50.7. The molecule has 0 bridgehead atoms. The smallest absolute Gasteiger partial charge is 0.462 e. The van der Waals surface area contributed by atoms with E-state index in [2.05, 4.69) is 65.8 Å². The second-order valence-electron chi connectivity index (χ2n) is 25.9. The van der Waals surface area contributed by atoms with Gasteiger partial charge in [-0.05, 0) is 63.2 Å². The first-order chi connectivity index (χ1) is 43.4. The third kappa shape index (κ3) is 64.3. The van der Waals surface area contributed by atoms with Crippen LogP contribution in [0.2, 0.25) is 0 Å². The molecular formula is C71H134O17P2. The van der Waals surface area contributed by atoms with Crippen molar-refractivity contribution >= 4 is 39.5 Å². The molecular weight excluding hydrogens is 1190 g/mol. The van der Waals surface area contributed by atoms with Gasteiger partial charge in [0.05, 0.1) is 26.4 Å². The lowest BCUT2D eigenvalue weighted by Crippen LogP contribution is -2.30. The molecule has 0 aromatic rings. The van der Waals surface area contributed by atoms with E-state index in [1.54, 1.807) is 0 Å². The summed E-state index contributed by atoms with van der Waals surface area (Å²) < 4.78 is 68.3. The minimum Gasteiger partial charge on any atom is -0.462 e. The number of aliphatic hydroxyl groups excluding tert-OH is 1. The van der Waals surface area contributed by atoms with Gasteiger partial charge in [-0.25, -0.2) is 9.13 Å². The summed E-state index contributed by atoms with van der Waals surface area (Å²) in [4.78, 5) is 72.5. The van der Waals surface area contributed by atoms with Crippen LogP contribution in [0.25, 0.3) is 0 Å². The lowest BCUT2D eigenvalue weighted by Gasteiger charge is -2.21. The molecule has 0 fully saturated rings. The third-order valence-electron chi connectivity index (χ3n) is 15.8. The van der Waals surface area contributed by atoms with Crippen LogP contribution in [-0.2, 0) is 65.4 Å². The van der Waals surface area contributed by atoms with Crippen molar-refractivity contribution < 1.29 is 80.2 Å². The predicted molar refractivity (Wildman–Crippen MR) is 363 cm³/mol. The Morgan fingerprint density at radius 1 is 0.344 bits per heavy atom. The fraction of sp³-hybridized carbons (Fsp3) is 0.887. The van der Waals surface area contributed by atoms with Crippen LogP contribution in [0.1, 0.15) is 337 Å². The Balaban J connectivity index is 5.30. The quantitative estimate of drug-likeness (QED) is 0.0169. The summed E-state index contributed by atoms with van der Waals surface area (Å²) in [5.41, 5.74) is 0. The van der Waals surface area contributed by atoms with E-state index >= 15 is 0 Å². The van der Waals surface area contributed by atoms with Gasteiger partial charge in [0.15, 0.2) is 12.2 Å². The average molecular weight is 1320 g/mol. The molecule has 5 atom stereocenters. The van der Waals surface area contributed by atoms with Crippen molar-refractivity contribution in [2.75, 3.05) is 39.6 Å². The Morgan fingerprint density at radius 3 is 0.911 bits per heavy atom. The van der Waals surface area contributed by atoms with Gasteiger partial charge in [-0.1, -0.05) is 284 Å². The molecule has 0 saturated carbocycles. The highest BCUT2D eigenvalue weighted by Crippen LogP contribution is 2.45. The van der Waals surface area contributed by atoms with Crippen LogP contribution in [0.15, 0.2) is 24.3 Å². The number of hydrogen-bond acceptors (Lipinski definition) is 15. The normalized spacial score (nSPS) is 14.3. The number of phosphoric ester groups is 2. The molecule has 3 N–H and O–H groups in total. The van der Waals surface area contributed by atoms with Crippen molar-refractivity contribution in [2.24, 2.45) is 11.8 Å². The van der Waals surface area contributed by atoms with Crippen molar-refractivity contribution in [3.8, 4) is 0 Å². The number of allylic oxidation sites excluding steroid dienone is 4. The van der Waals surface area contributed by atoms with Gasteiger partial charge < -0.3 is 33.8 Å². The summed E-state index contributed by atoms with van der Waals surface area (Å²) in [5, 5.41) is 10.6. The van der Waals surface area contributed by atoms with Crippen molar-refractivity contribution in [2.45, 2.75) is 355 Å². The zero-order valence-corrected chi connectivity index (χ0v) is 59.7. The van der Waals surface area contributed by atoms with E-state index in [4.69, 9.17) is 37.0 Å². The average Bonchev–Trinajstić information content (AvgIpc) is 3.41. The summed E-state index contributed by atoms with van der Waals surface area (Å²) in [6, 6.07) is 0. The number of carbonyl (C=O) groups is 4. The molecule has 0 amide bonds. The van der Waals surface area contributed by atoms with E-state index in [-0.39, 0.29) is 25.7 Å². The maximum Gasteiger partial charge on any atom is 0.472 e. The second-order valence-corrected chi connectivity index (χ2v) is 28.8. The Labute approximate surface area is 548 Å². The van der Waals surface area contributed by atoms with Gasteiger partial charge in [-0.3, -0.25) is 37.3 Å². The van der Waals surface area contributed by atoms with Gasteiger partial charge in [0.25, 0.3) is 0 Å². The van der Waals surface area contributed by atoms with Gasteiger partial charge in [0.2, 0.25) is 0 Å². The third-order valence-corrected chi connectivity index (χ3v) is 17.7. The first-order valence-electron chi connectivity index (χ1n) is 36.3. The summed E-state index contributed by atoms with van der Waals surface area (Å²) in [7, 11) is -9.91. The number of esters is 4. The molecule has 0 aromatic heterocycles. The molecule has 0 aliphatic carbocycles. The van der Waals surface area contributed by atoms with Crippen molar-refractivity contribution in [3.05, 3.63) is 24.3 Å². The molecule has 0 saturated heterocycles.